The normalized spacial score (nSPS) is 14.4. The Morgan fingerprint density at radius 2 is 1.72 bits per heavy atom. The van der Waals surface area contributed by atoms with E-state index in [0.717, 1.165) is 54.4 Å². The number of aryl methyl sites for hydroxylation is 1. The highest BCUT2D eigenvalue weighted by Gasteiger charge is 2.30. The molecule has 3 aromatic carbocycles. The summed E-state index contributed by atoms with van der Waals surface area (Å²) in [6, 6.07) is 14.4. The highest BCUT2D eigenvalue weighted by molar-refractivity contribution is 6.12. The van der Waals surface area contributed by atoms with E-state index in [1.165, 1.54) is 6.07 Å². The van der Waals surface area contributed by atoms with Gasteiger partial charge in [0.1, 0.15) is 0 Å². The van der Waals surface area contributed by atoms with E-state index in [4.69, 9.17) is 0 Å². The molecule has 1 heterocycles. The van der Waals surface area contributed by atoms with Crippen LogP contribution in [-0.4, -0.2) is 23.9 Å². The SMILES string of the molecule is Cc1cccc2c(Nc3cccc(C(F)(F)F)c3)ccc(C(=O)N3CCCC3)c12. The van der Waals surface area contributed by atoms with Gasteiger partial charge in [-0.2, -0.15) is 13.2 Å². The van der Waals surface area contributed by atoms with Gasteiger partial charge in [-0.1, -0.05) is 24.3 Å². The zero-order valence-corrected chi connectivity index (χ0v) is 16.0. The molecule has 1 saturated heterocycles. The van der Waals surface area contributed by atoms with Gasteiger partial charge in [-0.05, 0) is 61.0 Å². The number of hydrogen-bond acceptors (Lipinski definition) is 2. The van der Waals surface area contributed by atoms with Gasteiger partial charge < -0.3 is 10.2 Å². The predicted molar refractivity (Wildman–Crippen MR) is 109 cm³/mol. The second-order valence-corrected chi connectivity index (χ2v) is 7.36. The molecule has 0 unspecified atom stereocenters. The monoisotopic (exact) mass is 398 g/mol. The fraction of sp³-hybridized carbons (Fsp3) is 0.261. The van der Waals surface area contributed by atoms with Gasteiger partial charge in [-0.25, -0.2) is 0 Å². The molecule has 1 aliphatic heterocycles. The van der Waals surface area contributed by atoms with Gasteiger partial charge in [-0.15, -0.1) is 0 Å². The Morgan fingerprint density at radius 1 is 1.00 bits per heavy atom. The van der Waals surface area contributed by atoms with Crippen molar-refractivity contribution < 1.29 is 18.0 Å². The number of alkyl halides is 3. The Balaban J connectivity index is 1.76. The quantitative estimate of drug-likeness (QED) is 0.574. The summed E-state index contributed by atoms with van der Waals surface area (Å²) in [5, 5.41) is 4.74. The van der Waals surface area contributed by atoms with E-state index in [0.29, 0.717) is 16.9 Å². The molecule has 0 radical (unpaired) electrons. The molecule has 29 heavy (non-hydrogen) atoms. The lowest BCUT2D eigenvalue weighted by molar-refractivity contribution is -0.137. The zero-order valence-electron chi connectivity index (χ0n) is 16.0. The lowest BCUT2D eigenvalue weighted by atomic mass is 9.97. The summed E-state index contributed by atoms with van der Waals surface area (Å²) < 4.78 is 39.1. The molecule has 4 rings (SSSR count). The van der Waals surface area contributed by atoms with Crippen LogP contribution in [0.25, 0.3) is 10.8 Å². The summed E-state index contributed by atoms with van der Waals surface area (Å²) >= 11 is 0. The zero-order chi connectivity index (χ0) is 20.6. The van der Waals surface area contributed by atoms with Gasteiger partial charge in [-0.3, -0.25) is 4.79 Å². The van der Waals surface area contributed by atoms with Crippen LogP contribution in [0.2, 0.25) is 0 Å². The Hall–Kier alpha value is -3.02. The second kappa shape index (κ2) is 7.43. The van der Waals surface area contributed by atoms with E-state index in [2.05, 4.69) is 5.32 Å². The number of likely N-dealkylation sites (tertiary alicyclic amines) is 1. The van der Waals surface area contributed by atoms with Crippen LogP contribution in [0.15, 0.2) is 54.6 Å². The van der Waals surface area contributed by atoms with Crippen molar-refractivity contribution in [3.63, 3.8) is 0 Å². The maximum Gasteiger partial charge on any atom is 0.416 e. The van der Waals surface area contributed by atoms with Crippen molar-refractivity contribution in [1.29, 1.82) is 0 Å². The molecule has 1 aliphatic rings. The number of halogens is 3. The molecule has 0 atom stereocenters. The summed E-state index contributed by atoms with van der Waals surface area (Å²) in [6.45, 7) is 3.46. The number of benzene rings is 3. The van der Waals surface area contributed by atoms with Crippen molar-refractivity contribution in [3.8, 4) is 0 Å². The topological polar surface area (TPSA) is 32.3 Å². The number of amides is 1. The molecule has 150 valence electrons. The molecule has 0 spiro atoms. The maximum absolute atomic E-state index is 13.0. The summed E-state index contributed by atoms with van der Waals surface area (Å²) in [6.07, 6.45) is -2.38. The second-order valence-electron chi connectivity index (χ2n) is 7.36. The minimum absolute atomic E-state index is 0.00687. The summed E-state index contributed by atoms with van der Waals surface area (Å²) in [5.41, 5.74) is 1.90. The molecule has 6 heteroatoms. The van der Waals surface area contributed by atoms with E-state index in [9.17, 15) is 18.0 Å². The summed E-state index contributed by atoms with van der Waals surface area (Å²) in [4.78, 5) is 14.9. The Bertz CT molecular complexity index is 1070. The van der Waals surface area contributed by atoms with Crippen molar-refractivity contribution in [3.05, 3.63) is 71.3 Å². The van der Waals surface area contributed by atoms with Crippen LogP contribution in [-0.2, 0) is 6.18 Å². The number of carbonyl (C=O) groups excluding carboxylic acids is 1. The summed E-state index contributed by atoms with van der Waals surface area (Å²) in [7, 11) is 0. The van der Waals surface area contributed by atoms with Crippen LogP contribution in [0.1, 0.15) is 34.3 Å². The average molecular weight is 398 g/mol. The van der Waals surface area contributed by atoms with Crippen molar-refractivity contribution >= 4 is 28.1 Å². The van der Waals surface area contributed by atoms with Crippen LogP contribution in [0.5, 0.6) is 0 Å². The van der Waals surface area contributed by atoms with Crippen molar-refractivity contribution in [2.75, 3.05) is 18.4 Å². The number of rotatable bonds is 3. The summed E-state index contributed by atoms with van der Waals surface area (Å²) in [5.74, 6) is 0.00687. The minimum atomic E-state index is -4.40. The highest BCUT2D eigenvalue weighted by Crippen LogP contribution is 2.35. The van der Waals surface area contributed by atoms with Gasteiger partial charge in [0.2, 0.25) is 0 Å². The van der Waals surface area contributed by atoms with Crippen LogP contribution in [0, 0.1) is 6.92 Å². The van der Waals surface area contributed by atoms with Crippen LogP contribution in [0.4, 0.5) is 24.5 Å². The Kier molecular flexibility index (Phi) is 4.94. The number of hydrogen-bond donors (Lipinski definition) is 1. The largest absolute Gasteiger partial charge is 0.416 e. The van der Waals surface area contributed by atoms with E-state index in [-0.39, 0.29) is 5.91 Å². The first kappa shape index (κ1) is 19.3. The van der Waals surface area contributed by atoms with E-state index in [1.807, 2.05) is 30.0 Å². The Labute approximate surface area is 167 Å². The van der Waals surface area contributed by atoms with E-state index in [1.54, 1.807) is 18.2 Å². The predicted octanol–water partition coefficient (Wildman–Crippen LogP) is 6.15. The number of anilines is 2. The molecular formula is C23H21F3N2O. The average Bonchev–Trinajstić information content (AvgIpc) is 3.22. The molecule has 0 bridgehead atoms. The first-order valence-corrected chi connectivity index (χ1v) is 9.60. The third-order valence-electron chi connectivity index (χ3n) is 5.34. The molecule has 1 fully saturated rings. The Morgan fingerprint density at radius 3 is 2.45 bits per heavy atom. The maximum atomic E-state index is 13.0. The van der Waals surface area contributed by atoms with Gasteiger partial charge in [0, 0.05) is 35.4 Å². The third-order valence-corrected chi connectivity index (χ3v) is 5.34. The molecule has 0 aromatic heterocycles. The van der Waals surface area contributed by atoms with Gasteiger partial charge in [0.25, 0.3) is 5.91 Å². The molecule has 1 N–H and O–H groups in total. The molecule has 0 aliphatic carbocycles. The fourth-order valence-electron chi connectivity index (χ4n) is 3.90. The number of carbonyl (C=O) groups is 1. The van der Waals surface area contributed by atoms with Crippen LogP contribution >= 0.6 is 0 Å². The fourth-order valence-corrected chi connectivity index (χ4v) is 3.90. The number of nitrogens with zero attached hydrogens (tertiary/aromatic N) is 1. The van der Waals surface area contributed by atoms with Gasteiger partial charge >= 0.3 is 6.18 Å². The van der Waals surface area contributed by atoms with E-state index < -0.39 is 11.7 Å². The highest BCUT2D eigenvalue weighted by atomic mass is 19.4. The smallest absolute Gasteiger partial charge is 0.355 e. The van der Waals surface area contributed by atoms with Gasteiger partial charge in [0.05, 0.1) is 5.56 Å². The molecule has 0 saturated carbocycles. The third kappa shape index (κ3) is 3.79. The first-order valence-electron chi connectivity index (χ1n) is 9.60. The molecule has 3 aromatic rings. The van der Waals surface area contributed by atoms with Crippen molar-refractivity contribution in [2.45, 2.75) is 25.9 Å². The lowest BCUT2D eigenvalue weighted by Gasteiger charge is -2.19. The lowest BCUT2D eigenvalue weighted by Crippen LogP contribution is -2.27. The molecular weight excluding hydrogens is 377 g/mol. The number of fused-ring (bicyclic) bond motifs is 1. The van der Waals surface area contributed by atoms with Crippen molar-refractivity contribution in [1.82, 2.24) is 4.90 Å². The standard InChI is InChI=1S/C23H21F3N2O/c1-15-6-4-9-18-20(27-17-8-5-7-16(14-17)23(24,25)26)11-10-19(21(15)18)22(29)28-12-2-3-13-28/h4-11,14,27H,2-3,12-13H2,1H3. The van der Waals surface area contributed by atoms with E-state index >= 15 is 0 Å². The first-order chi connectivity index (χ1) is 13.8. The van der Waals surface area contributed by atoms with Crippen LogP contribution < -0.4 is 5.32 Å². The molecule has 3 nitrogen and oxygen atoms in total. The van der Waals surface area contributed by atoms with Crippen LogP contribution in [0.3, 0.4) is 0 Å². The minimum Gasteiger partial charge on any atom is -0.355 e. The number of nitrogens with one attached hydrogen (secondary N) is 1. The van der Waals surface area contributed by atoms with Gasteiger partial charge in [0.15, 0.2) is 0 Å². The van der Waals surface area contributed by atoms with Crippen molar-refractivity contribution in [2.24, 2.45) is 0 Å². The molecule has 1 amide bonds.